The Kier molecular flexibility index (Phi) is 3.26. The third kappa shape index (κ3) is 2.49. The zero-order chi connectivity index (χ0) is 13.2. The first kappa shape index (κ1) is 12.2. The summed E-state index contributed by atoms with van der Waals surface area (Å²) in [6.45, 7) is 0. The van der Waals surface area contributed by atoms with Crippen molar-refractivity contribution >= 4 is 39.0 Å². The van der Waals surface area contributed by atoms with Gasteiger partial charge in [0.15, 0.2) is 0 Å². The van der Waals surface area contributed by atoms with E-state index >= 15 is 0 Å². The summed E-state index contributed by atoms with van der Waals surface area (Å²) in [7, 11) is 2.08. The minimum absolute atomic E-state index is 1.11. The summed E-state index contributed by atoms with van der Waals surface area (Å²) in [4.78, 5) is 0. The second-order valence-corrected chi connectivity index (χ2v) is 5.51. The van der Waals surface area contributed by atoms with Gasteiger partial charge in [-0.1, -0.05) is 58.4 Å². The molecule has 94 valence electrons. The van der Waals surface area contributed by atoms with E-state index in [4.69, 9.17) is 0 Å². The number of rotatable bonds is 2. The van der Waals surface area contributed by atoms with Crippen molar-refractivity contribution in [3.05, 3.63) is 70.3 Å². The molecule has 0 saturated heterocycles. The third-order valence-electron chi connectivity index (χ3n) is 3.25. The molecule has 1 aromatic heterocycles. The van der Waals surface area contributed by atoms with Gasteiger partial charge in [-0.25, -0.2) is 0 Å². The SMILES string of the molecule is Cn1cc(/C=C/c2ccc(Br)cc2)c2ccccc21. The van der Waals surface area contributed by atoms with Gasteiger partial charge >= 0.3 is 0 Å². The average molecular weight is 312 g/mol. The quantitative estimate of drug-likeness (QED) is 0.619. The van der Waals surface area contributed by atoms with Crippen LogP contribution in [0.5, 0.6) is 0 Å². The number of halogens is 1. The van der Waals surface area contributed by atoms with Gasteiger partial charge in [0.25, 0.3) is 0 Å². The Morgan fingerprint density at radius 3 is 2.47 bits per heavy atom. The molecule has 0 aliphatic rings. The molecule has 0 amide bonds. The summed E-state index contributed by atoms with van der Waals surface area (Å²) in [5, 5.41) is 1.29. The van der Waals surface area contributed by atoms with Crippen LogP contribution in [0.2, 0.25) is 0 Å². The fourth-order valence-electron chi connectivity index (χ4n) is 2.27. The molecule has 0 atom stereocenters. The van der Waals surface area contributed by atoms with Gasteiger partial charge in [0.2, 0.25) is 0 Å². The van der Waals surface area contributed by atoms with Crippen molar-refractivity contribution in [1.29, 1.82) is 0 Å². The van der Waals surface area contributed by atoms with Crippen LogP contribution >= 0.6 is 15.9 Å². The molecule has 0 N–H and O–H groups in total. The van der Waals surface area contributed by atoms with Gasteiger partial charge in [0, 0.05) is 28.6 Å². The Hall–Kier alpha value is -1.80. The first-order chi connectivity index (χ1) is 9.24. The first-order valence-corrected chi connectivity index (χ1v) is 7.01. The molecular weight excluding hydrogens is 298 g/mol. The molecule has 0 radical (unpaired) electrons. The third-order valence-corrected chi connectivity index (χ3v) is 3.78. The smallest absolute Gasteiger partial charge is 0.0483 e. The minimum Gasteiger partial charge on any atom is -0.350 e. The zero-order valence-electron chi connectivity index (χ0n) is 10.7. The van der Waals surface area contributed by atoms with Gasteiger partial charge in [-0.2, -0.15) is 0 Å². The molecule has 0 bridgehead atoms. The van der Waals surface area contributed by atoms with E-state index in [1.807, 2.05) is 0 Å². The van der Waals surface area contributed by atoms with Crippen LogP contribution in [0.4, 0.5) is 0 Å². The molecule has 0 aliphatic heterocycles. The maximum atomic E-state index is 3.45. The number of nitrogens with zero attached hydrogens (tertiary/aromatic N) is 1. The second kappa shape index (κ2) is 5.06. The van der Waals surface area contributed by atoms with Gasteiger partial charge in [0.1, 0.15) is 0 Å². The van der Waals surface area contributed by atoms with Crippen molar-refractivity contribution in [3.8, 4) is 0 Å². The number of aromatic nitrogens is 1. The van der Waals surface area contributed by atoms with E-state index in [1.165, 1.54) is 22.0 Å². The minimum atomic E-state index is 1.11. The summed E-state index contributed by atoms with van der Waals surface area (Å²) in [5.41, 5.74) is 3.72. The maximum absolute atomic E-state index is 3.45. The molecule has 0 aliphatic carbocycles. The number of benzene rings is 2. The molecule has 0 fully saturated rings. The predicted octanol–water partition coefficient (Wildman–Crippen LogP) is 5.11. The molecule has 19 heavy (non-hydrogen) atoms. The van der Waals surface area contributed by atoms with Crippen molar-refractivity contribution in [2.45, 2.75) is 0 Å². The predicted molar refractivity (Wildman–Crippen MR) is 86.0 cm³/mol. The van der Waals surface area contributed by atoms with E-state index in [2.05, 4.69) is 94.4 Å². The molecule has 3 rings (SSSR count). The van der Waals surface area contributed by atoms with Crippen LogP contribution < -0.4 is 0 Å². The van der Waals surface area contributed by atoms with Crippen molar-refractivity contribution in [3.63, 3.8) is 0 Å². The lowest BCUT2D eigenvalue weighted by molar-refractivity contribution is 0.968. The van der Waals surface area contributed by atoms with Gasteiger partial charge in [0.05, 0.1) is 0 Å². The van der Waals surface area contributed by atoms with Gasteiger partial charge in [-0.15, -0.1) is 0 Å². The number of aryl methyl sites for hydroxylation is 1. The summed E-state index contributed by atoms with van der Waals surface area (Å²) >= 11 is 3.45. The molecule has 2 aromatic carbocycles. The van der Waals surface area contributed by atoms with Crippen LogP contribution in [0.25, 0.3) is 23.1 Å². The molecule has 0 saturated carbocycles. The highest BCUT2D eigenvalue weighted by molar-refractivity contribution is 9.10. The van der Waals surface area contributed by atoms with E-state index in [9.17, 15) is 0 Å². The molecule has 3 aromatic rings. The van der Waals surface area contributed by atoms with Crippen LogP contribution in [0, 0.1) is 0 Å². The van der Waals surface area contributed by atoms with Crippen molar-refractivity contribution in [1.82, 2.24) is 4.57 Å². The van der Waals surface area contributed by atoms with E-state index in [-0.39, 0.29) is 0 Å². The molecular formula is C17H14BrN. The van der Waals surface area contributed by atoms with Gasteiger partial charge in [-0.3, -0.25) is 0 Å². The fraction of sp³-hybridized carbons (Fsp3) is 0.0588. The standard InChI is InChI=1S/C17H14BrN/c1-19-12-14(16-4-2-3-5-17(16)19)9-6-13-7-10-15(18)11-8-13/h2-12H,1H3/b9-6+. The van der Waals surface area contributed by atoms with Crippen LogP contribution in [0.3, 0.4) is 0 Å². The summed E-state index contributed by atoms with van der Waals surface area (Å²) in [5.74, 6) is 0. The van der Waals surface area contributed by atoms with Crippen molar-refractivity contribution < 1.29 is 0 Å². The Balaban J connectivity index is 1.99. The lowest BCUT2D eigenvalue weighted by Gasteiger charge is -1.94. The van der Waals surface area contributed by atoms with E-state index in [0.717, 1.165) is 4.47 Å². The van der Waals surface area contributed by atoms with Crippen LogP contribution in [-0.4, -0.2) is 4.57 Å². The summed E-state index contributed by atoms with van der Waals surface area (Å²) in [6, 6.07) is 16.8. The normalized spacial score (nSPS) is 11.5. The largest absolute Gasteiger partial charge is 0.350 e. The van der Waals surface area contributed by atoms with E-state index in [0.29, 0.717) is 0 Å². The molecule has 0 spiro atoms. The van der Waals surface area contributed by atoms with Crippen LogP contribution in [0.15, 0.2) is 59.2 Å². The first-order valence-electron chi connectivity index (χ1n) is 6.22. The molecule has 1 heterocycles. The Bertz CT molecular complexity index is 736. The van der Waals surface area contributed by atoms with Crippen molar-refractivity contribution in [2.75, 3.05) is 0 Å². The van der Waals surface area contributed by atoms with Gasteiger partial charge in [-0.05, 0) is 29.3 Å². The molecule has 1 nitrogen and oxygen atoms in total. The Morgan fingerprint density at radius 2 is 1.68 bits per heavy atom. The van der Waals surface area contributed by atoms with Crippen LogP contribution in [0.1, 0.15) is 11.1 Å². The summed E-state index contributed by atoms with van der Waals surface area (Å²) < 4.78 is 3.27. The topological polar surface area (TPSA) is 4.93 Å². The average Bonchev–Trinajstić information content (AvgIpc) is 2.76. The number of hydrogen-bond donors (Lipinski definition) is 0. The lowest BCUT2D eigenvalue weighted by Crippen LogP contribution is -1.81. The number of hydrogen-bond acceptors (Lipinski definition) is 0. The van der Waals surface area contributed by atoms with E-state index in [1.54, 1.807) is 0 Å². The Morgan fingerprint density at radius 1 is 0.947 bits per heavy atom. The molecule has 2 heteroatoms. The van der Waals surface area contributed by atoms with E-state index < -0.39 is 0 Å². The van der Waals surface area contributed by atoms with Crippen molar-refractivity contribution in [2.24, 2.45) is 7.05 Å². The second-order valence-electron chi connectivity index (χ2n) is 4.60. The Labute approximate surface area is 121 Å². The van der Waals surface area contributed by atoms with Gasteiger partial charge < -0.3 is 4.57 Å². The highest BCUT2D eigenvalue weighted by Gasteiger charge is 2.02. The summed E-state index contributed by atoms with van der Waals surface area (Å²) in [6.07, 6.45) is 6.49. The monoisotopic (exact) mass is 311 g/mol. The lowest BCUT2D eigenvalue weighted by atomic mass is 10.1. The highest BCUT2D eigenvalue weighted by Crippen LogP contribution is 2.22. The fourth-order valence-corrected chi connectivity index (χ4v) is 2.53. The highest BCUT2D eigenvalue weighted by atomic mass is 79.9. The number of fused-ring (bicyclic) bond motifs is 1. The number of para-hydroxylation sites is 1. The zero-order valence-corrected chi connectivity index (χ0v) is 12.3. The maximum Gasteiger partial charge on any atom is 0.0483 e. The molecule has 0 unspecified atom stereocenters. The van der Waals surface area contributed by atoms with Crippen LogP contribution in [-0.2, 0) is 7.05 Å².